The van der Waals surface area contributed by atoms with Crippen molar-refractivity contribution in [2.45, 2.75) is 25.6 Å². The van der Waals surface area contributed by atoms with E-state index in [0.29, 0.717) is 30.0 Å². The second-order valence-corrected chi connectivity index (χ2v) is 8.10. The molecule has 0 unspecified atom stereocenters. The van der Waals surface area contributed by atoms with E-state index in [1.54, 1.807) is 30.3 Å². The summed E-state index contributed by atoms with van der Waals surface area (Å²) in [5, 5.41) is 13.8. The lowest BCUT2D eigenvalue weighted by molar-refractivity contribution is -0.142. The Balaban J connectivity index is 1.85. The molecule has 0 radical (unpaired) electrons. The Morgan fingerprint density at radius 1 is 1.03 bits per heavy atom. The molecule has 0 aliphatic heterocycles. The van der Waals surface area contributed by atoms with Crippen molar-refractivity contribution in [2.75, 3.05) is 37.5 Å². The van der Waals surface area contributed by atoms with Crippen molar-refractivity contribution in [1.82, 2.24) is 0 Å². The minimum absolute atomic E-state index is 0.0308. The van der Waals surface area contributed by atoms with Crippen LogP contribution in [0, 0.1) is 0 Å². The lowest BCUT2D eigenvalue weighted by Gasteiger charge is -2.28. The van der Waals surface area contributed by atoms with Gasteiger partial charge >= 0.3 is 12.1 Å². The molecule has 2 atom stereocenters. The van der Waals surface area contributed by atoms with Crippen LogP contribution in [0.2, 0.25) is 0 Å². The lowest BCUT2D eigenvalue weighted by Crippen LogP contribution is -2.30. The molecule has 0 saturated carbocycles. The van der Waals surface area contributed by atoms with Gasteiger partial charge in [-0.2, -0.15) is 12.6 Å². The number of thiol groups is 1. The third-order valence-corrected chi connectivity index (χ3v) is 5.58. The minimum atomic E-state index is -0.827. The molecule has 2 N–H and O–H groups in total. The second-order valence-electron chi connectivity index (χ2n) is 7.78. The van der Waals surface area contributed by atoms with Crippen LogP contribution in [0.1, 0.15) is 25.0 Å². The molecule has 0 aliphatic carbocycles. The van der Waals surface area contributed by atoms with Crippen molar-refractivity contribution in [3.63, 3.8) is 0 Å². The van der Waals surface area contributed by atoms with Crippen LogP contribution in [-0.4, -0.2) is 55.5 Å². The maximum Gasteiger partial charge on any atom is 0.412 e. The molecule has 0 heterocycles. The molecule has 0 aliphatic rings. The lowest BCUT2D eigenvalue weighted by atomic mass is 10.0. The number of hydrogen-bond donors (Lipinski definition) is 3. The van der Waals surface area contributed by atoms with E-state index in [9.17, 15) is 9.59 Å². The van der Waals surface area contributed by atoms with Crippen molar-refractivity contribution in [1.29, 1.82) is 0 Å². The summed E-state index contributed by atoms with van der Waals surface area (Å²) in [6.45, 7) is 2.27. The average Bonchev–Trinajstić information content (AvgIpc) is 2.90. The average molecular weight is 514 g/mol. The van der Waals surface area contributed by atoms with Crippen LogP contribution < -0.4 is 10.1 Å². The van der Waals surface area contributed by atoms with E-state index >= 15 is 0 Å². The van der Waals surface area contributed by atoms with E-state index < -0.39 is 24.3 Å². The summed E-state index contributed by atoms with van der Waals surface area (Å²) in [7, 11) is 0. The van der Waals surface area contributed by atoms with Crippen LogP contribution in [-0.2, 0) is 19.0 Å². The zero-order valence-electron chi connectivity index (χ0n) is 20.1. The summed E-state index contributed by atoms with van der Waals surface area (Å²) in [4.78, 5) is 24.6. The quantitative estimate of drug-likeness (QED) is 0.223. The Morgan fingerprint density at radius 3 is 2.58 bits per heavy atom. The number of ether oxygens (including phenoxy) is 4. The normalized spacial score (nSPS) is 12.5. The van der Waals surface area contributed by atoms with Crippen LogP contribution >= 0.6 is 12.6 Å². The van der Waals surface area contributed by atoms with E-state index in [-0.39, 0.29) is 25.6 Å². The minimum Gasteiger partial charge on any atom is -0.491 e. The Bertz CT molecular complexity index is 1130. The van der Waals surface area contributed by atoms with Gasteiger partial charge in [0.1, 0.15) is 18.5 Å². The first-order chi connectivity index (χ1) is 17.5. The summed E-state index contributed by atoms with van der Waals surface area (Å²) >= 11 is 3.92. The number of amides is 1. The highest BCUT2D eigenvalue weighted by Gasteiger charge is 2.29. The summed E-state index contributed by atoms with van der Waals surface area (Å²) in [6.07, 6.45) is -1.79. The Hall–Kier alpha value is -3.27. The molecule has 3 rings (SSSR count). The van der Waals surface area contributed by atoms with E-state index in [1.807, 2.05) is 43.3 Å². The van der Waals surface area contributed by atoms with Crippen LogP contribution in [0.15, 0.2) is 66.7 Å². The molecule has 8 nitrogen and oxygen atoms in total. The number of aliphatic hydroxyl groups is 1. The Kier molecular flexibility index (Phi) is 10.9. The molecular formula is C27H31NO7S. The monoisotopic (exact) mass is 513 g/mol. The third kappa shape index (κ3) is 7.87. The van der Waals surface area contributed by atoms with Crippen molar-refractivity contribution in [3.8, 4) is 5.75 Å². The first kappa shape index (κ1) is 27.3. The van der Waals surface area contributed by atoms with Crippen LogP contribution in [0.5, 0.6) is 5.75 Å². The van der Waals surface area contributed by atoms with Gasteiger partial charge in [0, 0.05) is 18.4 Å². The maximum atomic E-state index is 13.1. The first-order valence-electron chi connectivity index (χ1n) is 11.7. The number of nitrogens with one attached hydrogen (secondary N) is 1. The maximum absolute atomic E-state index is 13.1. The molecule has 3 aromatic rings. The number of esters is 1. The number of carbonyl (C=O) groups is 2. The fourth-order valence-corrected chi connectivity index (χ4v) is 3.85. The molecule has 3 aromatic carbocycles. The van der Waals surface area contributed by atoms with Gasteiger partial charge in [-0.15, -0.1) is 0 Å². The third-order valence-electron chi connectivity index (χ3n) is 5.32. The summed E-state index contributed by atoms with van der Waals surface area (Å²) in [5.74, 6) is 0.0391. The van der Waals surface area contributed by atoms with E-state index in [4.69, 9.17) is 24.1 Å². The number of rotatable bonds is 13. The molecule has 36 heavy (non-hydrogen) atoms. The summed E-state index contributed by atoms with van der Waals surface area (Å²) in [6, 6.07) is 20.4. The smallest absolute Gasteiger partial charge is 0.412 e. The standard InChI is InChI=1S/C27H31NO7S/c1-2-32-24(13-15-34-25(30)18-36)26(20-9-5-10-21(17-20)33-16-14-29)35-27(31)28-23-12-6-8-19-7-3-4-11-22(19)23/h3-12,17,24,26,29,36H,2,13-16,18H2,1H3,(H,28,31)/t24-,26-/m0/s1. The molecule has 1 amide bonds. The van der Waals surface area contributed by atoms with E-state index in [0.717, 1.165) is 10.8 Å². The van der Waals surface area contributed by atoms with Crippen LogP contribution in [0.4, 0.5) is 10.5 Å². The van der Waals surface area contributed by atoms with Gasteiger partial charge in [-0.05, 0) is 36.1 Å². The fraction of sp³-hybridized carbons (Fsp3) is 0.333. The van der Waals surface area contributed by atoms with Crippen LogP contribution in [0.3, 0.4) is 0 Å². The SMILES string of the molecule is CCO[C@@H](CCOC(=O)CS)[C@@H](OC(=O)Nc1cccc2ccccc12)c1cccc(OCCO)c1. The number of fused-ring (bicyclic) bond motifs is 1. The highest BCUT2D eigenvalue weighted by molar-refractivity contribution is 7.81. The predicted octanol–water partition coefficient (Wildman–Crippen LogP) is 4.77. The number of anilines is 1. The van der Waals surface area contributed by atoms with E-state index in [2.05, 4.69) is 17.9 Å². The van der Waals surface area contributed by atoms with Crippen molar-refractivity contribution < 1.29 is 33.6 Å². The van der Waals surface area contributed by atoms with Gasteiger partial charge in [-0.3, -0.25) is 10.1 Å². The second kappa shape index (κ2) is 14.3. The zero-order chi connectivity index (χ0) is 25.8. The number of hydrogen-bond acceptors (Lipinski definition) is 8. The first-order valence-corrected chi connectivity index (χ1v) is 12.4. The molecule has 0 aromatic heterocycles. The zero-order valence-corrected chi connectivity index (χ0v) is 21.0. The van der Waals surface area contributed by atoms with Crippen molar-refractivity contribution >= 4 is 41.2 Å². The molecule has 192 valence electrons. The number of carbonyl (C=O) groups excluding carboxylic acids is 2. The fourth-order valence-electron chi connectivity index (χ4n) is 3.76. The van der Waals surface area contributed by atoms with Gasteiger partial charge in [0.05, 0.1) is 24.7 Å². The number of benzene rings is 3. The molecule has 0 fully saturated rings. The van der Waals surface area contributed by atoms with E-state index in [1.165, 1.54) is 0 Å². The number of aliphatic hydroxyl groups excluding tert-OH is 1. The van der Waals surface area contributed by atoms with Gasteiger partial charge in [0.15, 0.2) is 6.10 Å². The highest BCUT2D eigenvalue weighted by atomic mass is 32.1. The molecular weight excluding hydrogens is 482 g/mol. The van der Waals surface area contributed by atoms with Gasteiger partial charge < -0.3 is 24.1 Å². The Labute approximate surface area is 215 Å². The van der Waals surface area contributed by atoms with Gasteiger partial charge in [0.25, 0.3) is 0 Å². The van der Waals surface area contributed by atoms with Crippen molar-refractivity contribution in [2.24, 2.45) is 0 Å². The predicted molar refractivity (Wildman–Crippen MR) is 141 cm³/mol. The molecule has 9 heteroatoms. The highest BCUT2D eigenvalue weighted by Crippen LogP contribution is 2.30. The van der Waals surface area contributed by atoms with Crippen molar-refractivity contribution in [3.05, 3.63) is 72.3 Å². The molecule has 0 spiro atoms. The summed E-state index contributed by atoms with van der Waals surface area (Å²) in [5.41, 5.74) is 1.25. The van der Waals surface area contributed by atoms with Gasteiger partial charge in [0.2, 0.25) is 0 Å². The molecule has 0 saturated heterocycles. The topological polar surface area (TPSA) is 103 Å². The van der Waals surface area contributed by atoms with Crippen LogP contribution in [0.25, 0.3) is 10.8 Å². The Morgan fingerprint density at radius 2 is 1.81 bits per heavy atom. The molecule has 0 bridgehead atoms. The van der Waals surface area contributed by atoms with Gasteiger partial charge in [-0.25, -0.2) is 4.79 Å². The summed E-state index contributed by atoms with van der Waals surface area (Å²) < 4.78 is 22.5. The largest absolute Gasteiger partial charge is 0.491 e. The van der Waals surface area contributed by atoms with Gasteiger partial charge in [-0.1, -0.05) is 48.5 Å².